The van der Waals surface area contributed by atoms with Gasteiger partial charge in [0, 0.05) is 19.0 Å². The van der Waals surface area contributed by atoms with Crippen molar-refractivity contribution in [3.05, 3.63) is 59.3 Å². The number of rotatable bonds is 7. The van der Waals surface area contributed by atoms with Crippen LogP contribution < -0.4 is 4.74 Å². The molecule has 3 rings (SSSR count). The van der Waals surface area contributed by atoms with Crippen molar-refractivity contribution in [3.8, 4) is 16.5 Å². The van der Waals surface area contributed by atoms with E-state index in [9.17, 15) is 4.79 Å². The van der Waals surface area contributed by atoms with Crippen molar-refractivity contribution in [2.24, 2.45) is 0 Å². The molecule has 6 heteroatoms. The molecule has 1 amide bonds. The van der Waals surface area contributed by atoms with Crippen molar-refractivity contribution in [1.82, 2.24) is 9.88 Å². The molecule has 0 saturated carbocycles. The van der Waals surface area contributed by atoms with Crippen LogP contribution in [0.1, 0.15) is 18.2 Å². The minimum atomic E-state index is 0.0326. The van der Waals surface area contributed by atoms with Gasteiger partial charge in [-0.05, 0) is 36.8 Å². The first-order valence-corrected chi connectivity index (χ1v) is 8.97. The molecule has 0 saturated heterocycles. The number of aromatic nitrogens is 1. The van der Waals surface area contributed by atoms with E-state index in [0.29, 0.717) is 13.2 Å². The summed E-state index contributed by atoms with van der Waals surface area (Å²) in [6.45, 7) is 3.15. The summed E-state index contributed by atoms with van der Waals surface area (Å²) in [7, 11) is 1.80. The SMILES string of the molecule is CCOc1ccc(CN(C)C(=O)Cc2csc(-c3ccco3)n2)cc1. The van der Waals surface area contributed by atoms with Crippen LogP contribution in [0.3, 0.4) is 0 Å². The lowest BCUT2D eigenvalue weighted by molar-refractivity contribution is -0.129. The lowest BCUT2D eigenvalue weighted by atomic mass is 10.2. The highest BCUT2D eigenvalue weighted by atomic mass is 32.1. The smallest absolute Gasteiger partial charge is 0.228 e. The number of carbonyl (C=O) groups is 1. The van der Waals surface area contributed by atoms with Crippen molar-refractivity contribution in [3.63, 3.8) is 0 Å². The molecule has 3 aromatic rings. The van der Waals surface area contributed by atoms with Crippen molar-refractivity contribution in [2.45, 2.75) is 19.9 Å². The molecule has 0 fully saturated rings. The van der Waals surface area contributed by atoms with Crippen LogP contribution in [-0.4, -0.2) is 29.4 Å². The predicted molar refractivity (Wildman–Crippen MR) is 97.6 cm³/mol. The second kappa shape index (κ2) is 7.98. The number of thiazole rings is 1. The topological polar surface area (TPSA) is 55.6 Å². The van der Waals surface area contributed by atoms with Crippen LogP contribution in [0, 0.1) is 0 Å². The van der Waals surface area contributed by atoms with Crippen molar-refractivity contribution in [1.29, 1.82) is 0 Å². The molecule has 2 aromatic heterocycles. The third kappa shape index (κ3) is 4.48. The Labute approximate surface area is 150 Å². The fourth-order valence-corrected chi connectivity index (χ4v) is 3.20. The molecule has 0 bridgehead atoms. The highest BCUT2D eigenvalue weighted by Crippen LogP contribution is 2.24. The van der Waals surface area contributed by atoms with Gasteiger partial charge in [0.05, 0.1) is 25.0 Å². The molecule has 0 aliphatic carbocycles. The minimum absolute atomic E-state index is 0.0326. The Morgan fingerprint density at radius 1 is 1.28 bits per heavy atom. The van der Waals surface area contributed by atoms with E-state index in [4.69, 9.17) is 9.15 Å². The number of ether oxygens (including phenoxy) is 1. The highest BCUT2D eigenvalue weighted by molar-refractivity contribution is 7.13. The maximum Gasteiger partial charge on any atom is 0.228 e. The summed E-state index contributed by atoms with van der Waals surface area (Å²) in [6, 6.07) is 11.5. The van der Waals surface area contributed by atoms with E-state index in [1.807, 2.05) is 48.7 Å². The van der Waals surface area contributed by atoms with Gasteiger partial charge in [-0.25, -0.2) is 4.98 Å². The second-order valence-corrected chi connectivity index (χ2v) is 6.48. The van der Waals surface area contributed by atoms with Crippen LogP contribution in [-0.2, 0) is 17.8 Å². The number of amides is 1. The largest absolute Gasteiger partial charge is 0.494 e. The fourth-order valence-electron chi connectivity index (χ4n) is 2.41. The van der Waals surface area contributed by atoms with E-state index in [2.05, 4.69) is 4.98 Å². The maximum absolute atomic E-state index is 12.4. The molecule has 0 atom stereocenters. The van der Waals surface area contributed by atoms with Gasteiger partial charge in [0.1, 0.15) is 5.75 Å². The molecular formula is C19H20N2O3S. The number of furan rings is 1. The van der Waals surface area contributed by atoms with Gasteiger partial charge >= 0.3 is 0 Å². The fraction of sp³-hybridized carbons (Fsp3) is 0.263. The molecule has 1 aromatic carbocycles. The van der Waals surface area contributed by atoms with E-state index in [1.165, 1.54) is 11.3 Å². The first kappa shape index (κ1) is 17.2. The van der Waals surface area contributed by atoms with Gasteiger partial charge in [0.2, 0.25) is 5.91 Å². The zero-order valence-electron chi connectivity index (χ0n) is 14.3. The summed E-state index contributed by atoms with van der Waals surface area (Å²) in [4.78, 5) is 18.6. The zero-order valence-corrected chi connectivity index (χ0v) is 15.1. The Hall–Kier alpha value is -2.60. The van der Waals surface area contributed by atoms with Crippen LogP contribution in [0.5, 0.6) is 5.75 Å². The van der Waals surface area contributed by atoms with Crippen molar-refractivity contribution >= 4 is 17.2 Å². The maximum atomic E-state index is 12.4. The predicted octanol–water partition coefficient (Wildman–Crippen LogP) is 4.00. The number of hydrogen-bond acceptors (Lipinski definition) is 5. The third-order valence-corrected chi connectivity index (χ3v) is 4.60. The average molecular weight is 356 g/mol. The molecule has 0 unspecified atom stereocenters. The molecule has 0 spiro atoms. The van der Waals surface area contributed by atoms with Gasteiger partial charge in [-0.15, -0.1) is 11.3 Å². The minimum Gasteiger partial charge on any atom is -0.494 e. The molecule has 2 heterocycles. The first-order valence-electron chi connectivity index (χ1n) is 8.09. The van der Waals surface area contributed by atoms with Crippen molar-refractivity contribution < 1.29 is 13.9 Å². The molecule has 130 valence electrons. The molecule has 0 radical (unpaired) electrons. The molecule has 0 aliphatic rings. The van der Waals surface area contributed by atoms with Gasteiger partial charge < -0.3 is 14.1 Å². The molecular weight excluding hydrogens is 336 g/mol. The summed E-state index contributed by atoms with van der Waals surface area (Å²) in [6.07, 6.45) is 1.90. The molecule has 5 nitrogen and oxygen atoms in total. The number of hydrogen-bond donors (Lipinski definition) is 0. The van der Waals surface area contributed by atoms with Crippen LogP contribution in [0.15, 0.2) is 52.5 Å². The van der Waals surface area contributed by atoms with Gasteiger partial charge in [-0.1, -0.05) is 12.1 Å². The number of nitrogens with zero attached hydrogens (tertiary/aromatic N) is 2. The Balaban J connectivity index is 1.57. The van der Waals surface area contributed by atoms with Crippen LogP contribution >= 0.6 is 11.3 Å². The molecule has 0 N–H and O–H groups in total. The Morgan fingerprint density at radius 3 is 2.76 bits per heavy atom. The summed E-state index contributed by atoms with van der Waals surface area (Å²) in [5.41, 5.74) is 1.83. The number of likely N-dealkylation sites (N-methyl/N-ethyl adjacent to an activating group) is 1. The number of carbonyl (C=O) groups excluding carboxylic acids is 1. The zero-order chi connectivity index (χ0) is 17.6. The van der Waals surface area contributed by atoms with Crippen LogP contribution in [0.25, 0.3) is 10.8 Å². The quantitative estimate of drug-likeness (QED) is 0.642. The summed E-state index contributed by atoms with van der Waals surface area (Å²) >= 11 is 1.48. The standard InChI is InChI=1S/C19H20N2O3S/c1-3-23-16-8-6-14(7-9-16)12-21(2)18(22)11-15-13-25-19(20-15)17-5-4-10-24-17/h4-10,13H,3,11-12H2,1-2H3. The normalized spacial score (nSPS) is 10.6. The molecule has 0 aliphatic heterocycles. The van der Waals surface area contributed by atoms with Gasteiger partial charge in [0.15, 0.2) is 10.8 Å². The first-order chi connectivity index (χ1) is 12.2. The van der Waals surface area contributed by atoms with Gasteiger partial charge in [-0.3, -0.25) is 4.79 Å². The monoisotopic (exact) mass is 356 g/mol. The third-order valence-electron chi connectivity index (χ3n) is 3.70. The Morgan fingerprint density at radius 2 is 2.08 bits per heavy atom. The lowest BCUT2D eigenvalue weighted by Gasteiger charge is -2.17. The molecule has 25 heavy (non-hydrogen) atoms. The summed E-state index contributed by atoms with van der Waals surface area (Å²) in [5, 5.41) is 2.70. The average Bonchev–Trinajstić information content (AvgIpc) is 3.28. The lowest BCUT2D eigenvalue weighted by Crippen LogP contribution is -2.27. The Bertz CT molecular complexity index is 810. The van der Waals surface area contributed by atoms with E-state index in [0.717, 1.165) is 27.8 Å². The second-order valence-electron chi connectivity index (χ2n) is 5.62. The highest BCUT2D eigenvalue weighted by Gasteiger charge is 2.14. The van der Waals surface area contributed by atoms with E-state index in [1.54, 1.807) is 18.2 Å². The van der Waals surface area contributed by atoms with Gasteiger partial charge in [0.25, 0.3) is 0 Å². The van der Waals surface area contributed by atoms with E-state index < -0.39 is 0 Å². The Kier molecular flexibility index (Phi) is 5.50. The van der Waals surface area contributed by atoms with E-state index in [-0.39, 0.29) is 12.3 Å². The summed E-state index contributed by atoms with van der Waals surface area (Å²) in [5.74, 6) is 1.60. The van der Waals surface area contributed by atoms with Gasteiger partial charge in [-0.2, -0.15) is 0 Å². The van der Waals surface area contributed by atoms with Crippen molar-refractivity contribution in [2.75, 3.05) is 13.7 Å². The summed E-state index contributed by atoms with van der Waals surface area (Å²) < 4.78 is 10.8. The van der Waals surface area contributed by atoms with Crippen LogP contribution in [0.4, 0.5) is 0 Å². The van der Waals surface area contributed by atoms with Crippen LogP contribution in [0.2, 0.25) is 0 Å². The van der Waals surface area contributed by atoms with E-state index >= 15 is 0 Å². The number of benzene rings is 1.